The van der Waals surface area contributed by atoms with E-state index in [9.17, 15) is 9.59 Å². The molecule has 5 nitrogen and oxygen atoms in total. The van der Waals surface area contributed by atoms with E-state index in [4.69, 9.17) is 10.5 Å². The van der Waals surface area contributed by atoms with E-state index in [1.807, 2.05) is 6.07 Å². The zero-order valence-corrected chi connectivity index (χ0v) is 11.5. The number of hydrogen-bond donors (Lipinski definition) is 2. The second kappa shape index (κ2) is 6.33. The van der Waals surface area contributed by atoms with Crippen LogP contribution in [-0.4, -0.2) is 18.0 Å². The van der Waals surface area contributed by atoms with Crippen molar-refractivity contribution in [3.05, 3.63) is 35.4 Å². The van der Waals surface area contributed by atoms with Crippen molar-refractivity contribution in [1.29, 1.82) is 0 Å². The van der Waals surface area contributed by atoms with Crippen LogP contribution in [0.3, 0.4) is 0 Å². The molecule has 1 aromatic carbocycles. The average Bonchev–Trinajstić information content (AvgIpc) is 2.33. The molecule has 0 spiro atoms. The maximum Gasteiger partial charge on any atom is 0.328 e. The highest BCUT2D eigenvalue weighted by Crippen LogP contribution is 2.17. The lowest BCUT2D eigenvalue weighted by Gasteiger charge is -2.22. The number of amides is 1. The van der Waals surface area contributed by atoms with Crippen molar-refractivity contribution < 1.29 is 14.3 Å². The monoisotopic (exact) mass is 264 g/mol. The molecule has 0 saturated heterocycles. The van der Waals surface area contributed by atoms with Crippen molar-refractivity contribution in [2.75, 3.05) is 0 Å². The van der Waals surface area contributed by atoms with Crippen LogP contribution in [0, 0.1) is 0 Å². The lowest BCUT2D eigenvalue weighted by atomic mass is 10.0. The van der Waals surface area contributed by atoms with Crippen molar-refractivity contribution in [2.24, 2.45) is 5.73 Å². The van der Waals surface area contributed by atoms with Crippen LogP contribution in [0.1, 0.15) is 37.9 Å². The normalized spacial score (nSPS) is 12.6. The molecule has 0 aromatic heterocycles. The molecule has 0 aliphatic carbocycles. The molecule has 1 aromatic rings. The summed E-state index contributed by atoms with van der Waals surface area (Å²) in [5, 5.41) is 2.56. The zero-order valence-electron chi connectivity index (χ0n) is 11.5. The molecule has 0 bridgehead atoms. The van der Waals surface area contributed by atoms with Gasteiger partial charge in [-0.3, -0.25) is 4.79 Å². The fourth-order valence-electron chi connectivity index (χ4n) is 1.56. The summed E-state index contributed by atoms with van der Waals surface area (Å²) < 4.78 is 5.24. The number of carbonyl (C=O) groups is 2. The molecular formula is C14H20N2O3. The third-order valence-electron chi connectivity index (χ3n) is 2.36. The van der Waals surface area contributed by atoms with Crippen LogP contribution in [-0.2, 0) is 20.9 Å². The van der Waals surface area contributed by atoms with Crippen molar-refractivity contribution in [3.63, 3.8) is 0 Å². The number of carbonyl (C=O) groups excluding carboxylic acids is 2. The Hall–Kier alpha value is -1.88. The number of nitrogens with two attached hydrogens (primary N) is 1. The van der Waals surface area contributed by atoms with Crippen molar-refractivity contribution in [3.8, 4) is 0 Å². The Morgan fingerprint density at radius 2 is 2.16 bits per heavy atom. The van der Waals surface area contributed by atoms with E-state index in [1.165, 1.54) is 0 Å². The predicted octanol–water partition coefficient (Wildman–Crippen LogP) is 1.27. The number of nitrogens with one attached hydrogen (secondary N) is 1. The Labute approximate surface area is 113 Å². The molecule has 0 heterocycles. The van der Waals surface area contributed by atoms with Gasteiger partial charge in [-0.25, -0.2) is 4.79 Å². The summed E-state index contributed by atoms with van der Waals surface area (Å²) in [6.07, 6.45) is 0.625. The van der Waals surface area contributed by atoms with E-state index in [2.05, 4.69) is 5.32 Å². The third-order valence-corrected chi connectivity index (χ3v) is 2.36. The third kappa shape index (κ3) is 5.09. The van der Waals surface area contributed by atoms with Crippen LogP contribution in [0.25, 0.3) is 0 Å². The standard InChI is InChI=1S/C14H20N2O3/c1-14(2,3)19-13(18)12(15)11-6-4-5-10(7-11)8-16-9-17/h4-7,9,12H,8,15H2,1-3H3,(H,16,17). The lowest BCUT2D eigenvalue weighted by Crippen LogP contribution is -2.31. The Morgan fingerprint density at radius 3 is 2.74 bits per heavy atom. The van der Waals surface area contributed by atoms with E-state index in [0.717, 1.165) is 5.56 Å². The molecule has 0 aliphatic rings. The second-order valence-corrected chi connectivity index (χ2v) is 5.25. The van der Waals surface area contributed by atoms with Gasteiger partial charge in [0.1, 0.15) is 11.6 Å². The maximum absolute atomic E-state index is 11.9. The number of ether oxygens (including phenoxy) is 1. The highest BCUT2D eigenvalue weighted by molar-refractivity contribution is 5.77. The molecule has 0 fully saturated rings. The molecule has 104 valence electrons. The first kappa shape index (κ1) is 15.2. The van der Waals surface area contributed by atoms with Gasteiger partial charge in [-0.1, -0.05) is 24.3 Å². The van der Waals surface area contributed by atoms with E-state index in [-0.39, 0.29) is 0 Å². The molecular weight excluding hydrogens is 244 g/mol. The molecule has 1 amide bonds. The van der Waals surface area contributed by atoms with Gasteiger partial charge in [0, 0.05) is 6.54 Å². The largest absolute Gasteiger partial charge is 0.459 e. The first-order valence-electron chi connectivity index (χ1n) is 6.08. The minimum Gasteiger partial charge on any atom is -0.459 e. The first-order valence-corrected chi connectivity index (χ1v) is 6.08. The molecule has 0 radical (unpaired) electrons. The van der Waals surface area contributed by atoms with Crippen LogP contribution in [0.15, 0.2) is 24.3 Å². The predicted molar refractivity (Wildman–Crippen MR) is 72.1 cm³/mol. The Balaban J connectivity index is 2.78. The Bertz CT molecular complexity index is 452. The Kier molecular flexibility index (Phi) is 5.06. The summed E-state index contributed by atoms with van der Waals surface area (Å²) in [5.41, 5.74) is 6.86. The quantitative estimate of drug-likeness (QED) is 0.620. The minimum atomic E-state index is -0.824. The number of benzene rings is 1. The van der Waals surface area contributed by atoms with E-state index in [1.54, 1.807) is 39.0 Å². The molecule has 3 N–H and O–H groups in total. The fraction of sp³-hybridized carbons (Fsp3) is 0.429. The SMILES string of the molecule is CC(C)(C)OC(=O)C(N)c1cccc(CNC=O)c1. The number of rotatable bonds is 5. The summed E-state index contributed by atoms with van der Waals surface area (Å²) in [4.78, 5) is 22.1. The van der Waals surface area contributed by atoms with Gasteiger partial charge in [-0.05, 0) is 31.9 Å². The van der Waals surface area contributed by atoms with E-state index >= 15 is 0 Å². The van der Waals surface area contributed by atoms with Crippen molar-refractivity contribution in [2.45, 2.75) is 39.0 Å². The lowest BCUT2D eigenvalue weighted by molar-refractivity contribution is -0.156. The number of hydrogen-bond acceptors (Lipinski definition) is 4. The summed E-state index contributed by atoms with van der Waals surface area (Å²) >= 11 is 0. The minimum absolute atomic E-state index is 0.401. The summed E-state index contributed by atoms with van der Waals surface area (Å²) in [5.74, 6) is -0.465. The smallest absolute Gasteiger partial charge is 0.328 e. The molecule has 1 unspecified atom stereocenters. The summed E-state index contributed by atoms with van der Waals surface area (Å²) in [6.45, 7) is 5.78. The van der Waals surface area contributed by atoms with Gasteiger partial charge in [0.2, 0.25) is 6.41 Å². The van der Waals surface area contributed by atoms with Gasteiger partial charge in [0.25, 0.3) is 0 Å². The highest BCUT2D eigenvalue weighted by Gasteiger charge is 2.23. The van der Waals surface area contributed by atoms with Crippen molar-refractivity contribution in [1.82, 2.24) is 5.32 Å². The van der Waals surface area contributed by atoms with E-state index < -0.39 is 17.6 Å². The van der Waals surface area contributed by atoms with Gasteiger partial charge >= 0.3 is 5.97 Å². The van der Waals surface area contributed by atoms with Gasteiger partial charge in [0.05, 0.1) is 0 Å². The Morgan fingerprint density at radius 1 is 1.47 bits per heavy atom. The van der Waals surface area contributed by atoms with Crippen molar-refractivity contribution >= 4 is 12.4 Å². The summed E-state index contributed by atoms with van der Waals surface area (Å²) in [7, 11) is 0. The van der Waals surface area contributed by atoms with Crippen LogP contribution in [0.2, 0.25) is 0 Å². The molecule has 19 heavy (non-hydrogen) atoms. The van der Waals surface area contributed by atoms with Crippen LogP contribution in [0.5, 0.6) is 0 Å². The van der Waals surface area contributed by atoms with Crippen LogP contribution >= 0.6 is 0 Å². The topological polar surface area (TPSA) is 81.4 Å². The van der Waals surface area contributed by atoms with Crippen LogP contribution < -0.4 is 11.1 Å². The number of esters is 1. The molecule has 0 saturated carbocycles. The molecule has 5 heteroatoms. The molecule has 1 atom stereocenters. The zero-order chi connectivity index (χ0) is 14.5. The van der Waals surface area contributed by atoms with Gasteiger partial charge in [-0.15, -0.1) is 0 Å². The van der Waals surface area contributed by atoms with E-state index in [0.29, 0.717) is 18.5 Å². The fourth-order valence-corrected chi connectivity index (χ4v) is 1.56. The van der Waals surface area contributed by atoms with Gasteiger partial charge in [-0.2, -0.15) is 0 Å². The van der Waals surface area contributed by atoms with Gasteiger partial charge < -0.3 is 15.8 Å². The highest BCUT2D eigenvalue weighted by atomic mass is 16.6. The molecule has 1 rings (SSSR count). The molecule has 0 aliphatic heterocycles. The summed E-state index contributed by atoms with van der Waals surface area (Å²) in [6, 6.07) is 6.36. The second-order valence-electron chi connectivity index (χ2n) is 5.25. The van der Waals surface area contributed by atoms with Gasteiger partial charge in [0.15, 0.2) is 0 Å². The first-order chi connectivity index (χ1) is 8.83. The van der Waals surface area contributed by atoms with Crippen LogP contribution in [0.4, 0.5) is 0 Å². The average molecular weight is 264 g/mol. The maximum atomic E-state index is 11.9.